The molecule has 0 fully saturated rings. The molecule has 0 radical (unpaired) electrons. The second kappa shape index (κ2) is 8.67. The molecule has 8 heteroatoms. The Labute approximate surface area is 190 Å². The van der Waals surface area contributed by atoms with Crippen LogP contribution in [-0.2, 0) is 27.4 Å². The number of fused-ring (bicyclic) bond motifs is 2. The van der Waals surface area contributed by atoms with E-state index in [1.165, 1.54) is 18.2 Å². The van der Waals surface area contributed by atoms with E-state index >= 15 is 0 Å². The highest BCUT2D eigenvalue weighted by Gasteiger charge is 2.38. The van der Waals surface area contributed by atoms with Gasteiger partial charge in [-0.15, -0.1) is 0 Å². The normalized spacial score (nSPS) is 20.2. The molecule has 4 rings (SSSR count). The van der Waals surface area contributed by atoms with E-state index in [1.54, 1.807) is 0 Å². The standard InChI is InChI=1S/C23H28BrN3O4/c1-5-26(6-2)22(28)14-10-16-15-8-7-9-18-20(15)17(11-19(16)25(3)12-14)21(24)27(18)13-31-23(29)30-4/h7-10,14,19H,5-6,11-13H2,1-4H3. The van der Waals surface area contributed by atoms with Crippen LogP contribution in [-0.4, -0.2) is 66.3 Å². The van der Waals surface area contributed by atoms with Crippen molar-refractivity contribution in [3.8, 4) is 0 Å². The summed E-state index contributed by atoms with van der Waals surface area (Å²) in [5.41, 5.74) is 4.53. The first-order valence-electron chi connectivity index (χ1n) is 10.6. The molecule has 1 aromatic carbocycles. The zero-order valence-electron chi connectivity index (χ0n) is 18.4. The maximum atomic E-state index is 13.1. The van der Waals surface area contributed by atoms with E-state index in [0.29, 0.717) is 6.54 Å². The molecule has 2 aliphatic rings. The fraction of sp³-hybridized carbons (Fsp3) is 0.478. The molecule has 0 N–H and O–H groups in total. The summed E-state index contributed by atoms with van der Waals surface area (Å²) < 4.78 is 12.7. The molecule has 2 atom stereocenters. The van der Waals surface area contributed by atoms with Gasteiger partial charge in [0.15, 0.2) is 6.73 Å². The molecule has 0 saturated heterocycles. The molecule has 7 nitrogen and oxygen atoms in total. The van der Waals surface area contributed by atoms with Gasteiger partial charge in [-0.3, -0.25) is 9.69 Å². The molecule has 1 aliphatic carbocycles. The highest BCUT2D eigenvalue weighted by molar-refractivity contribution is 9.10. The number of rotatable bonds is 5. The SMILES string of the molecule is CCN(CC)C(=O)C1C=C2c3cccc4c3c(c(Br)n4COC(=O)OC)CC2N(C)C1. The van der Waals surface area contributed by atoms with Gasteiger partial charge in [-0.1, -0.05) is 18.2 Å². The van der Waals surface area contributed by atoms with Crippen molar-refractivity contribution in [2.75, 3.05) is 33.8 Å². The van der Waals surface area contributed by atoms with Crippen LogP contribution in [0.3, 0.4) is 0 Å². The van der Waals surface area contributed by atoms with Crippen molar-refractivity contribution in [3.05, 3.63) is 40.0 Å². The number of carbonyl (C=O) groups excluding carboxylic acids is 2. The fourth-order valence-electron chi connectivity index (χ4n) is 4.89. The van der Waals surface area contributed by atoms with Gasteiger partial charge >= 0.3 is 6.16 Å². The zero-order valence-corrected chi connectivity index (χ0v) is 19.9. The molecule has 1 amide bonds. The number of ether oxygens (including phenoxy) is 2. The van der Waals surface area contributed by atoms with E-state index in [4.69, 9.17) is 4.74 Å². The Morgan fingerprint density at radius 1 is 1.26 bits per heavy atom. The van der Waals surface area contributed by atoms with E-state index in [1.807, 2.05) is 35.4 Å². The Balaban J connectivity index is 1.79. The van der Waals surface area contributed by atoms with Crippen LogP contribution in [0, 0.1) is 5.92 Å². The first kappa shape index (κ1) is 21.9. The number of halogens is 1. The van der Waals surface area contributed by atoms with Crippen LogP contribution in [0.4, 0.5) is 4.79 Å². The number of methoxy groups -OCH3 is 1. The molecular weight excluding hydrogens is 462 g/mol. The summed E-state index contributed by atoms with van der Waals surface area (Å²) in [6, 6.07) is 6.37. The van der Waals surface area contributed by atoms with E-state index in [2.05, 4.69) is 44.8 Å². The van der Waals surface area contributed by atoms with Crippen LogP contribution in [0.1, 0.15) is 25.0 Å². The van der Waals surface area contributed by atoms with Crippen molar-refractivity contribution in [1.82, 2.24) is 14.4 Å². The third-order valence-corrected chi connectivity index (χ3v) is 7.36. The van der Waals surface area contributed by atoms with Crippen LogP contribution in [0.5, 0.6) is 0 Å². The number of benzene rings is 1. The van der Waals surface area contributed by atoms with E-state index < -0.39 is 6.16 Å². The van der Waals surface area contributed by atoms with Gasteiger partial charge in [0.05, 0.1) is 23.1 Å². The van der Waals surface area contributed by atoms with Crippen molar-refractivity contribution in [2.45, 2.75) is 33.0 Å². The molecule has 166 valence electrons. The van der Waals surface area contributed by atoms with Gasteiger partial charge in [-0.05, 0) is 66.0 Å². The third-order valence-electron chi connectivity index (χ3n) is 6.46. The molecule has 0 saturated carbocycles. The molecule has 2 aromatic rings. The zero-order chi connectivity index (χ0) is 22.3. The Hall–Kier alpha value is -2.32. The Kier molecular flexibility index (Phi) is 6.12. The van der Waals surface area contributed by atoms with Gasteiger partial charge in [-0.25, -0.2) is 4.79 Å². The van der Waals surface area contributed by atoms with E-state index in [-0.39, 0.29) is 24.6 Å². The van der Waals surface area contributed by atoms with E-state index in [0.717, 1.165) is 40.6 Å². The van der Waals surface area contributed by atoms with Gasteiger partial charge in [0.1, 0.15) is 0 Å². The summed E-state index contributed by atoms with van der Waals surface area (Å²) in [7, 11) is 3.39. The Morgan fingerprint density at radius 2 is 2.00 bits per heavy atom. The highest BCUT2D eigenvalue weighted by atomic mass is 79.9. The van der Waals surface area contributed by atoms with Crippen LogP contribution in [0.2, 0.25) is 0 Å². The second-order valence-electron chi connectivity index (χ2n) is 8.02. The lowest BCUT2D eigenvalue weighted by atomic mass is 9.79. The summed E-state index contributed by atoms with van der Waals surface area (Å²) in [6.07, 6.45) is 2.29. The molecule has 31 heavy (non-hydrogen) atoms. The first-order valence-corrected chi connectivity index (χ1v) is 11.4. The lowest BCUT2D eigenvalue weighted by molar-refractivity contribution is -0.134. The van der Waals surface area contributed by atoms with E-state index in [9.17, 15) is 9.59 Å². The smallest absolute Gasteiger partial charge is 0.438 e. The minimum Gasteiger partial charge on any atom is -0.438 e. The number of aromatic nitrogens is 1. The summed E-state index contributed by atoms with van der Waals surface area (Å²) in [6.45, 7) is 6.26. The molecule has 1 aromatic heterocycles. The number of hydrogen-bond acceptors (Lipinski definition) is 5. The first-order chi connectivity index (χ1) is 14.9. The maximum Gasteiger partial charge on any atom is 0.509 e. The Bertz CT molecular complexity index is 1060. The van der Waals surface area contributed by atoms with Crippen LogP contribution in [0.25, 0.3) is 16.5 Å². The maximum absolute atomic E-state index is 13.1. The van der Waals surface area contributed by atoms with Crippen LogP contribution < -0.4 is 0 Å². The molecule has 0 spiro atoms. The number of nitrogens with zero attached hydrogens (tertiary/aromatic N) is 3. The predicted molar refractivity (Wildman–Crippen MR) is 123 cm³/mol. The van der Waals surface area contributed by atoms with Crippen molar-refractivity contribution in [2.24, 2.45) is 5.92 Å². The Morgan fingerprint density at radius 3 is 2.68 bits per heavy atom. The number of likely N-dealkylation sites (N-methyl/N-ethyl adjacent to an activating group) is 1. The lowest BCUT2D eigenvalue weighted by Crippen LogP contribution is -2.47. The lowest BCUT2D eigenvalue weighted by Gasteiger charge is -2.40. The van der Waals surface area contributed by atoms with Crippen LogP contribution in [0.15, 0.2) is 28.9 Å². The number of hydrogen-bond donors (Lipinski definition) is 0. The highest BCUT2D eigenvalue weighted by Crippen LogP contribution is 2.44. The fourth-order valence-corrected chi connectivity index (χ4v) is 5.54. The van der Waals surface area contributed by atoms with Gasteiger partial charge < -0.3 is 18.9 Å². The van der Waals surface area contributed by atoms with Crippen molar-refractivity contribution >= 4 is 44.5 Å². The summed E-state index contributed by atoms with van der Waals surface area (Å²) >= 11 is 3.74. The minimum absolute atomic E-state index is 0.0653. The average molecular weight is 490 g/mol. The van der Waals surface area contributed by atoms with Gasteiger partial charge in [-0.2, -0.15) is 0 Å². The predicted octanol–water partition coefficient (Wildman–Crippen LogP) is 3.88. The quantitative estimate of drug-likeness (QED) is 0.596. The minimum atomic E-state index is -0.713. The molecule has 1 aliphatic heterocycles. The van der Waals surface area contributed by atoms with Gasteiger partial charge in [0.2, 0.25) is 5.91 Å². The van der Waals surface area contributed by atoms with Crippen molar-refractivity contribution in [1.29, 1.82) is 0 Å². The number of carbonyl (C=O) groups is 2. The molecule has 2 unspecified atom stereocenters. The summed E-state index contributed by atoms with van der Waals surface area (Å²) in [4.78, 5) is 28.8. The summed E-state index contributed by atoms with van der Waals surface area (Å²) in [5.74, 6) is 0.0344. The van der Waals surface area contributed by atoms with Gasteiger partial charge in [0, 0.05) is 31.1 Å². The molecular formula is C23H28BrN3O4. The average Bonchev–Trinajstić information content (AvgIpc) is 3.05. The molecule has 0 bridgehead atoms. The van der Waals surface area contributed by atoms with Gasteiger partial charge in [0.25, 0.3) is 0 Å². The number of amides is 1. The molecule has 2 heterocycles. The van der Waals surface area contributed by atoms with Crippen molar-refractivity contribution in [3.63, 3.8) is 0 Å². The second-order valence-corrected chi connectivity index (χ2v) is 8.77. The summed E-state index contributed by atoms with van der Waals surface area (Å²) in [5, 5.41) is 1.15. The third kappa shape index (κ3) is 3.65. The van der Waals surface area contributed by atoms with Crippen molar-refractivity contribution < 1.29 is 19.1 Å². The van der Waals surface area contributed by atoms with Crippen LogP contribution >= 0.6 is 15.9 Å². The monoisotopic (exact) mass is 489 g/mol. The largest absolute Gasteiger partial charge is 0.509 e. The topological polar surface area (TPSA) is 64.0 Å².